The normalized spacial score (nSPS) is 17.0. The molecular weight excluding hydrogens is 817 g/mol. The summed E-state index contributed by atoms with van der Waals surface area (Å²) in [4.78, 5) is 34.5. The molecule has 0 saturated heterocycles. The molecule has 5 aromatic rings. The van der Waals surface area contributed by atoms with Gasteiger partial charge < -0.3 is 21.1 Å². The lowest BCUT2D eigenvalue weighted by Gasteiger charge is -2.37. The van der Waals surface area contributed by atoms with Crippen molar-refractivity contribution in [2.24, 2.45) is 12.0 Å². The summed E-state index contributed by atoms with van der Waals surface area (Å²) in [5.41, 5.74) is -0.0365. The van der Waals surface area contributed by atoms with Crippen LogP contribution in [0.3, 0.4) is 0 Å². The number of carbonyl (C=O) groups excluding carboxylic acids is 2. The first-order valence-electron chi connectivity index (χ1n) is 19.3. The van der Waals surface area contributed by atoms with Gasteiger partial charge in [-0.2, -0.15) is 23.5 Å². The Hall–Kier alpha value is -6.45. The number of benzene rings is 4. The van der Waals surface area contributed by atoms with Gasteiger partial charge in [-0.15, -0.1) is 0 Å². The maximum atomic E-state index is 14.6. The van der Waals surface area contributed by atoms with Crippen LogP contribution in [0.25, 0.3) is 0 Å². The largest absolute Gasteiger partial charge is 0.417 e. The molecule has 7 rings (SSSR count). The third kappa shape index (κ3) is 9.17. The number of hydrogen-bond donors (Lipinski definition) is 4. The fraction of sp³-hybridized carbons (Fsp3) is 0.302. The van der Waals surface area contributed by atoms with E-state index in [1.165, 1.54) is 36.7 Å². The van der Waals surface area contributed by atoms with Crippen molar-refractivity contribution in [1.29, 1.82) is 5.26 Å². The van der Waals surface area contributed by atoms with Gasteiger partial charge in [-0.25, -0.2) is 17.8 Å². The first kappa shape index (κ1) is 42.7. The average molecular weight is 857 g/mol. The number of nitriles is 1. The number of halogens is 4. The lowest BCUT2D eigenvalue weighted by atomic mass is 9.78. The number of Topliss-reactive ketones (excluding diaryl/α,β-unsaturated/α-hetero) is 1. The van der Waals surface area contributed by atoms with Crippen molar-refractivity contribution in [3.8, 4) is 6.07 Å². The van der Waals surface area contributed by atoms with E-state index in [1.807, 2.05) is 24.3 Å². The molecule has 61 heavy (non-hydrogen) atoms. The molecule has 0 aliphatic carbocycles. The molecular formula is C43H40F4N8O5S. The highest BCUT2D eigenvalue weighted by Gasteiger charge is 2.42. The van der Waals surface area contributed by atoms with E-state index >= 15 is 0 Å². The molecule has 4 aromatic carbocycles. The number of amides is 1. The van der Waals surface area contributed by atoms with Crippen LogP contribution in [0.5, 0.6) is 0 Å². The summed E-state index contributed by atoms with van der Waals surface area (Å²) < 4.78 is 82.7. The Kier molecular flexibility index (Phi) is 11.8. The predicted molar refractivity (Wildman–Crippen MR) is 219 cm³/mol. The Morgan fingerprint density at radius 2 is 1.74 bits per heavy atom. The van der Waals surface area contributed by atoms with Gasteiger partial charge in [-0.3, -0.25) is 19.3 Å². The summed E-state index contributed by atoms with van der Waals surface area (Å²) in [5.74, 6) is -2.75. The number of nitrogens with one attached hydrogen (secondary N) is 3. The summed E-state index contributed by atoms with van der Waals surface area (Å²) in [6, 6.07) is 20.1. The molecule has 3 heterocycles. The predicted octanol–water partition coefficient (Wildman–Crippen LogP) is 6.77. The van der Waals surface area contributed by atoms with Gasteiger partial charge in [0.25, 0.3) is 5.91 Å². The zero-order valence-corrected chi connectivity index (χ0v) is 33.7. The van der Waals surface area contributed by atoms with Gasteiger partial charge in [0.1, 0.15) is 24.5 Å². The number of rotatable bonds is 14. The molecule has 316 valence electrons. The topological polar surface area (TPSA) is 191 Å². The van der Waals surface area contributed by atoms with Crippen LogP contribution < -0.4 is 16.0 Å². The van der Waals surface area contributed by atoms with Crippen LogP contribution in [0.2, 0.25) is 0 Å². The minimum atomic E-state index is -4.88. The third-order valence-corrected chi connectivity index (χ3v) is 12.6. The van der Waals surface area contributed by atoms with Crippen LogP contribution in [-0.4, -0.2) is 70.1 Å². The molecule has 1 aromatic heterocycles. The van der Waals surface area contributed by atoms with E-state index in [1.54, 1.807) is 23.9 Å². The number of hydrogen-bond acceptors (Lipinski definition) is 11. The number of carbonyl (C=O) groups is 2. The van der Waals surface area contributed by atoms with E-state index in [9.17, 15) is 40.7 Å². The maximum Gasteiger partial charge on any atom is 0.417 e. The molecule has 2 unspecified atom stereocenters. The smallest absolute Gasteiger partial charge is 0.385 e. The summed E-state index contributed by atoms with van der Waals surface area (Å²) >= 11 is 0. The van der Waals surface area contributed by atoms with Gasteiger partial charge in [-0.1, -0.05) is 30.7 Å². The summed E-state index contributed by atoms with van der Waals surface area (Å²) in [6.45, 7) is 1.57. The molecule has 0 spiro atoms. The second kappa shape index (κ2) is 16.9. The Balaban J connectivity index is 0.897. The van der Waals surface area contributed by atoms with Crippen molar-refractivity contribution in [1.82, 2.24) is 14.8 Å². The van der Waals surface area contributed by atoms with E-state index in [4.69, 9.17) is 5.26 Å². The number of alkyl halides is 3. The zero-order valence-electron chi connectivity index (χ0n) is 32.9. The Morgan fingerprint density at radius 3 is 2.41 bits per heavy atom. The second-order valence-electron chi connectivity index (χ2n) is 15.2. The Bertz CT molecular complexity index is 2670. The van der Waals surface area contributed by atoms with Crippen molar-refractivity contribution < 1.29 is 40.7 Å². The van der Waals surface area contributed by atoms with Crippen LogP contribution >= 0.6 is 0 Å². The van der Waals surface area contributed by atoms with Crippen molar-refractivity contribution in [3.05, 3.63) is 130 Å². The number of aliphatic hydroxyl groups is 1. The van der Waals surface area contributed by atoms with Gasteiger partial charge in [0.05, 0.1) is 45.5 Å². The number of nitrogens with zero attached hydrogens (tertiary/aromatic N) is 5. The van der Waals surface area contributed by atoms with Crippen molar-refractivity contribution >= 4 is 44.3 Å². The monoisotopic (exact) mass is 856 g/mol. The van der Waals surface area contributed by atoms with E-state index in [2.05, 4.69) is 31.0 Å². The van der Waals surface area contributed by atoms with E-state index in [0.29, 0.717) is 47.4 Å². The highest BCUT2D eigenvalue weighted by Crippen LogP contribution is 2.45. The molecule has 2 aliphatic rings. The number of unbranched alkanes of at least 4 members (excludes halogenated alkanes) is 2. The number of aliphatic imine (C=N–C) groups is 1. The summed E-state index contributed by atoms with van der Waals surface area (Å²) in [7, 11) is -2.41. The number of sulfone groups is 1. The van der Waals surface area contributed by atoms with E-state index in [-0.39, 0.29) is 29.0 Å². The molecule has 0 saturated carbocycles. The molecule has 0 radical (unpaired) electrons. The fourth-order valence-corrected chi connectivity index (χ4v) is 9.20. The lowest BCUT2D eigenvalue weighted by molar-refractivity contribution is -0.137. The second-order valence-corrected chi connectivity index (χ2v) is 17.2. The van der Waals surface area contributed by atoms with Crippen molar-refractivity contribution in [3.63, 3.8) is 0 Å². The van der Waals surface area contributed by atoms with Crippen LogP contribution in [0.15, 0.2) is 95.1 Å². The number of anilines is 3. The van der Waals surface area contributed by atoms with Crippen LogP contribution in [0.4, 0.5) is 34.6 Å². The van der Waals surface area contributed by atoms with Gasteiger partial charge >= 0.3 is 6.18 Å². The zero-order chi connectivity index (χ0) is 43.7. The highest BCUT2D eigenvalue weighted by atomic mass is 32.2. The standard InChI is InChI=1S/C43H40F4N8O5S/c1-42(58,41(57)53-30-14-11-27(21-48)33(20-30)43(45,46)47)23-61(59,60)31-15-7-25(8-16-31)6-4-3-5-17-49-29-12-9-26(10-13-29)38-37(40-51-24-52-55(40)2)39-36-32(35(56)22-50-39)18-28(44)19-34(36)54-38/h7-16,18-20,24,37-38,49,54,58H,3-6,17,22-23H2,1-2H3,(H,53,57)/t37?,38-,42?/m1/s1. The average Bonchev–Trinajstić information content (AvgIpc) is 3.64. The quantitative estimate of drug-likeness (QED) is 0.0685. The third-order valence-electron chi connectivity index (χ3n) is 10.7. The highest BCUT2D eigenvalue weighted by molar-refractivity contribution is 7.91. The SMILES string of the molecule is Cn1ncnc1C1C2=NCC(=O)c3cc(F)cc(c32)N[C@@H]1c1ccc(NCCCCCc2ccc(S(=O)(=O)CC(C)(O)C(=O)Nc3ccc(C#N)c(C(F)(F)F)c3)cc2)cc1. The lowest BCUT2D eigenvalue weighted by Crippen LogP contribution is -2.45. The van der Waals surface area contributed by atoms with Gasteiger partial charge in [0, 0.05) is 41.8 Å². The maximum absolute atomic E-state index is 14.6. The van der Waals surface area contributed by atoms with Crippen LogP contribution in [0, 0.1) is 17.1 Å². The van der Waals surface area contributed by atoms with Gasteiger partial charge in [-0.05, 0) is 91.9 Å². The molecule has 3 atom stereocenters. The molecule has 18 heteroatoms. The first-order valence-corrected chi connectivity index (χ1v) is 20.9. The van der Waals surface area contributed by atoms with Crippen molar-refractivity contribution in [2.75, 3.05) is 34.8 Å². The number of ketones is 1. The fourth-order valence-electron chi connectivity index (χ4n) is 7.61. The molecule has 4 N–H and O–H groups in total. The molecule has 1 amide bonds. The molecule has 0 bridgehead atoms. The molecule has 2 aliphatic heterocycles. The van der Waals surface area contributed by atoms with Gasteiger partial charge in [0.2, 0.25) is 0 Å². The Morgan fingerprint density at radius 1 is 1.02 bits per heavy atom. The van der Waals surface area contributed by atoms with E-state index in [0.717, 1.165) is 55.1 Å². The van der Waals surface area contributed by atoms with Crippen LogP contribution in [0.1, 0.15) is 82.1 Å². The minimum Gasteiger partial charge on any atom is -0.385 e. The number of aromatic nitrogens is 3. The number of aryl methyl sites for hydroxylation is 2. The minimum absolute atomic E-state index is 0.0745. The van der Waals surface area contributed by atoms with E-state index < -0.39 is 56.1 Å². The first-order chi connectivity index (χ1) is 28.9. The molecule has 13 nitrogen and oxygen atoms in total. The summed E-state index contributed by atoms with van der Waals surface area (Å²) in [5, 5.41) is 33.0. The van der Waals surface area contributed by atoms with Crippen LogP contribution in [-0.2, 0) is 34.3 Å². The van der Waals surface area contributed by atoms with Crippen molar-refractivity contribution in [2.45, 2.75) is 61.2 Å². The van der Waals surface area contributed by atoms with Gasteiger partial charge in [0.15, 0.2) is 21.2 Å². The molecule has 0 fully saturated rings. The Labute approximate surface area is 348 Å². The summed E-state index contributed by atoms with van der Waals surface area (Å²) in [6.07, 6.45) is -0.183.